The first kappa shape index (κ1) is 17.4. The molecular weight excluding hydrogens is 364 g/mol. The summed E-state index contributed by atoms with van der Waals surface area (Å²) in [6.45, 7) is -0.964. The molecular formula is C18H14F4N4O. The SMILES string of the molecule is O=C(NCC(F)(F)c1cccc2cccnc12)c1ccn(C2CC2(F)F)n1. The normalized spacial score (nSPS) is 18.4. The van der Waals surface area contributed by atoms with E-state index in [9.17, 15) is 22.4 Å². The number of carbonyl (C=O) groups excluding carboxylic acids is 1. The van der Waals surface area contributed by atoms with Gasteiger partial charge in [-0.25, -0.2) is 8.78 Å². The molecule has 9 heteroatoms. The standard InChI is InChI=1S/C18H14F4N4O/c19-17(20)9-14(17)26-8-6-13(25-26)16(27)24-10-18(21,22)12-5-1-3-11-4-2-7-23-15(11)12/h1-8,14H,9-10H2,(H,24,27). The maximum atomic E-state index is 14.6. The van der Waals surface area contributed by atoms with Crippen LogP contribution in [0.5, 0.6) is 0 Å². The molecule has 1 fully saturated rings. The summed E-state index contributed by atoms with van der Waals surface area (Å²) in [6, 6.07) is 7.87. The highest BCUT2D eigenvalue weighted by Gasteiger charge is 2.59. The third kappa shape index (κ3) is 3.24. The molecule has 0 spiro atoms. The number of carbonyl (C=O) groups is 1. The summed E-state index contributed by atoms with van der Waals surface area (Å²) in [5.74, 6) is -7.06. The Balaban J connectivity index is 1.48. The maximum Gasteiger partial charge on any atom is 0.292 e. The number of halogens is 4. The average molecular weight is 378 g/mol. The van der Waals surface area contributed by atoms with Crippen molar-refractivity contribution in [1.29, 1.82) is 0 Å². The van der Waals surface area contributed by atoms with Gasteiger partial charge in [-0.15, -0.1) is 0 Å². The fourth-order valence-electron chi connectivity index (χ4n) is 2.90. The van der Waals surface area contributed by atoms with Crippen LogP contribution in [0.1, 0.15) is 28.5 Å². The zero-order chi connectivity index (χ0) is 19.2. The minimum Gasteiger partial charge on any atom is -0.344 e. The van der Waals surface area contributed by atoms with E-state index >= 15 is 0 Å². The molecule has 1 unspecified atom stereocenters. The van der Waals surface area contributed by atoms with E-state index in [2.05, 4.69) is 15.4 Å². The van der Waals surface area contributed by atoms with Crippen LogP contribution in [0.2, 0.25) is 0 Å². The van der Waals surface area contributed by atoms with Crippen molar-refractivity contribution in [1.82, 2.24) is 20.1 Å². The fourth-order valence-corrected chi connectivity index (χ4v) is 2.90. The number of rotatable bonds is 5. The van der Waals surface area contributed by atoms with Crippen LogP contribution in [0.4, 0.5) is 17.6 Å². The smallest absolute Gasteiger partial charge is 0.292 e. The number of para-hydroxylation sites is 1. The van der Waals surface area contributed by atoms with Gasteiger partial charge in [0.25, 0.3) is 17.8 Å². The molecule has 27 heavy (non-hydrogen) atoms. The van der Waals surface area contributed by atoms with Gasteiger partial charge >= 0.3 is 0 Å². The van der Waals surface area contributed by atoms with Gasteiger partial charge in [-0.3, -0.25) is 14.5 Å². The topological polar surface area (TPSA) is 59.8 Å². The molecule has 2 heterocycles. The highest BCUT2D eigenvalue weighted by Crippen LogP contribution is 2.52. The quantitative estimate of drug-likeness (QED) is 0.691. The molecule has 5 nitrogen and oxygen atoms in total. The number of benzene rings is 1. The largest absolute Gasteiger partial charge is 0.344 e. The molecule has 1 N–H and O–H groups in total. The summed E-state index contributed by atoms with van der Waals surface area (Å²) in [5.41, 5.74) is -0.340. The van der Waals surface area contributed by atoms with Crippen LogP contribution in [-0.2, 0) is 5.92 Å². The molecule has 1 aliphatic rings. The van der Waals surface area contributed by atoms with E-state index in [1.54, 1.807) is 18.2 Å². The molecule has 1 aliphatic carbocycles. The summed E-state index contributed by atoms with van der Waals surface area (Å²) >= 11 is 0. The Kier molecular flexibility index (Phi) is 3.90. The van der Waals surface area contributed by atoms with E-state index in [0.717, 1.165) is 4.68 Å². The lowest BCUT2D eigenvalue weighted by atomic mass is 10.0. The summed E-state index contributed by atoms with van der Waals surface area (Å²) in [4.78, 5) is 16.1. The number of alkyl halides is 4. The first-order valence-electron chi connectivity index (χ1n) is 8.21. The van der Waals surface area contributed by atoms with Crippen molar-refractivity contribution in [2.24, 2.45) is 0 Å². The molecule has 2 aromatic heterocycles. The van der Waals surface area contributed by atoms with Crippen LogP contribution < -0.4 is 5.32 Å². The third-order valence-corrected chi connectivity index (χ3v) is 4.45. The molecule has 3 aromatic rings. The van der Waals surface area contributed by atoms with Gasteiger partial charge in [0.05, 0.1) is 12.1 Å². The van der Waals surface area contributed by atoms with Crippen molar-refractivity contribution < 1.29 is 22.4 Å². The van der Waals surface area contributed by atoms with Crippen LogP contribution in [-0.4, -0.2) is 33.1 Å². The highest BCUT2D eigenvalue weighted by molar-refractivity contribution is 5.92. The number of hydrogen-bond acceptors (Lipinski definition) is 3. The number of nitrogens with zero attached hydrogens (tertiary/aromatic N) is 3. The molecule has 0 aliphatic heterocycles. The van der Waals surface area contributed by atoms with Gasteiger partial charge in [0.2, 0.25) is 0 Å². The first-order chi connectivity index (χ1) is 12.8. The summed E-state index contributed by atoms with van der Waals surface area (Å²) in [5, 5.41) is 6.43. The van der Waals surface area contributed by atoms with E-state index in [1.807, 2.05) is 0 Å². The molecule has 4 rings (SSSR count). The van der Waals surface area contributed by atoms with E-state index in [1.165, 1.54) is 30.6 Å². The number of fused-ring (bicyclic) bond motifs is 1. The van der Waals surface area contributed by atoms with Gasteiger partial charge in [-0.1, -0.05) is 24.3 Å². The van der Waals surface area contributed by atoms with Gasteiger partial charge < -0.3 is 5.32 Å². The van der Waals surface area contributed by atoms with Crippen LogP contribution in [0, 0.1) is 0 Å². The zero-order valence-electron chi connectivity index (χ0n) is 13.9. The Bertz CT molecular complexity index is 1010. The predicted octanol–water partition coefficient (Wildman–Crippen LogP) is 3.53. The van der Waals surface area contributed by atoms with Crippen molar-refractivity contribution in [2.45, 2.75) is 24.3 Å². The number of nitrogens with one attached hydrogen (secondary N) is 1. The second kappa shape index (κ2) is 6.04. The van der Waals surface area contributed by atoms with E-state index < -0.39 is 30.3 Å². The minimum absolute atomic E-state index is 0.152. The van der Waals surface area contributed by atoms with E-state index in [0.29, 0.717) is 5.39 Å². The van der Waals surface area contributed by atoms with E-state index in [4.69, 9.17) is 0 Å². The lowest BCUT2D eigenvalue weighted by Crippen LogP contribution is -2.35. The Labute approximate surface area is 151 Å². The van der Waals surface area contributed by atoms with Crippen LogP contribution in [0.3, 0.4) is 0 Å². The maximum absolute atomic E-state index is 14.6. The van der Waals surface area contributed by atoms with Gasteiger partial charge in [0.15, 0.2) is 0 Å². The number of pyridine rings is 1. The number of hydrogen-bond donors (Lipinski definition) is 1. The molecule has 1 amide bonds. The highest BCUT2D eigenvalue weighted by atomic mass is 19.3. The van der Waals surface area contributed by atoms with Crippen LogP contribution in [0.25, 0.3) is 10.9 Å². The van der Waals surface area contributed by atoms with Gasteiger partial charge in [-0.05, 0) is 12.1 Å². The van der Waals surface area contributed by atoms with Crippen molar-refractivity contribution >= 4 is 16.8 Å². The summed E-state index contributed by atoms with van der Waals surface area (Å²) in [7, 11) is 0. The lowest BCUT2D eigenvalue weighted by molar-refractivity contribution is -0.00121. The Hall–Kier alpha value is -2.97. The number of aromatic nitrogens is 3. The van der Waals surface area contributed by atoms with Crippen molar-refractivity contribution in [3.05, 3.63) is 60.0 Å². The van der Waals surface area contributed by atoms with Crippen molar-refractivity contribution in [3.63, 3.8) is 0 Å². The first-order valence-corrected chi connectivity index (χ1v) is 8.21. The van der Waals surface area contributed by atoms with Crippen LogP contribution in [0.15, 0.2) is 48.8 Å². The Morgan fingerprint density at radius 3 is 2.74 bits per heavy atom. The van der Waals surface area contributed by atoms with Gasteiger partial charge in [-0.2, -0.15) is 13.9 Å². The molecule has 1 saturated carbocycles. The Morgan fingerprint density at radius 1 is 1.26 bits per heavy atom. The fraction of sp³-hybridized carbons (Fsp3) is 0.278. The summed E-state index contributed by atoms with van der Waals surface area (Å²) < 4.78 is 56.3. The second-order valence-electron chi connectivity index (χ2n) is 6.43. The van der Waals surface area contributed by atoms with Crippen molar-refractivity contribution in [2.75, 3.05) is 6.54 Å². The molecule has 0 bridgehead atoms. The average Bonchev–Trinajstić information content (AvgIpc) is 3.06. The van der Waals surface area contributed by atoms with Crippen molar-refractivity contribution in [3.8, 4) is 0 Å². The van der Waals surface area contributed by atoms with Gasteiger partial charge in [0, 0.05) is 29.8 Å². The Morgan fingerprint density at radius 2 is 2.00 bits per heavy atom. The van der Waals surface area contributed by atoms with Gasteiger partial charge in [0.1, 0.15) is 11.7 Å². The zero-order valence-corrected chi connectivity index (χ0v) is 13.9. The second-order valence-corrected chi connectivity index (χ2v) is 6.43. The minimum atomic E-state index is -3.37. The molecule has 0 radical (unpaired) electrons. The molecule has 140 valence electrons. The molecule has 1 atom stereocenters. The summed E-state index contributed by atoms with van der Waals surface area (Å²) in [6.07, 6.45) is 2.32. The lowest BCUT2D eigenvalue weighted by Gasteiger charge is -2.18. The van der Waals surface area contributed by atoms with Crippen LogP contribution >= 0.6 is 0 Å². The van der Waals surface area contributed by atoms with E-state index in [-0.39, 0.29) is 23.2 Å². The monoisotopic (exact) mass is 378 g/mol. The number of amides is 1. The third-order valence-electron chi connectivity index (χ3n) is 4.45. The molecule has 0 saturated heterocycles. The molecule has 1 aromatic carbocycles. The predicted molar refractivity (Wildman–Crippen MR) is 88.8 cm³/mol.